The van der Waals surface area contributed by atoms with E-state index in [9.17, 15) is 4.79 Å². The third-order valence-electron chi connectivity index (χ3n) is 4.19. The number of aromatic nitrogens is 1. The van der Waals surface area contributed by atoms with Crippen molar-refractivity contribution in [2.75, 3.05) is 5.73 Å². The molecule has 0 aliphatic heterocycles. The van der Waals surface area contributed by atoms with Gasteiger partial charge in [0, 0.05) is 16.8 Å². The van der Waals surface area contributed by atoms with Gasteiger partial charge in [-0.25, -0.2) is 4.98 Å². The van der Waals surface area contributed by atoms with Crippen LogP contribution < -0.4 is 5.73 Å². The number of pyridine rings is 1. The number of aldehydes is 1. The van der Waals surface area contributed by atoms with Crippen LogP contribution in [-0.2, 0) is 0 Å². The van der Waals surface area contributed by atoms with Crippen LogP contribution in [-0.4, -0.2) is 11.3 Å². The molecule has 4 aromatic rings. The summed E-state index contributed by atoms with van der Waals surface area (Å²) in [4.78, 5) is 15.6. The first-order valence-electron chi connectivity index (χ1n) is 8.20. The smallest absolute Gasteiger partial charge is 0.152 e. The van der Waals surface area contributed by atoms with Crippen molar-refractivity contribution in [1.29, 1.82) is 0 Å². The molecule has 0 aliphatic carbocycles. The number of hydrogen-bond acceptors (Lipinski definition) is 4. The van der Waals surface area contributed by atoms with Crippen molar-refractivity contribution in [3.05, 3.63) is 84.6 Å². The molecule has 0 amide bonds. The van der Waals surface area contributed by atoms with Gasteiger partial charge in [-0.1, -0.05) is 36.4 Å². The minimum Gasteiger partial charge on any atom is -0.463 e. The number of furan rings is 1. The van der Waals surface area contributed by atoms with E-state index in [0.29, 0.717) is 17.0 Å². The maximum atomic E-state index is 10.9. The standard InChI is InChI=1S/C22H16N2O2/c23-19-9-7-17(8-10-19)20-12-18(16-5-3-15(14-25)4-6-16)13-21(24-20)22-2-1-11-26-22/h1-14H,23H2. The molecule has 0 bridgehead atoms. The fraction of sp³-hybridized carbons (Fsp3) is 0. The molecule has 4 heteroatoms. The highest BCUT2D eigenvalue weighted by molar-refractivity contribution is 5.79. The summed E-state index contributed by atoms with van der Waals surface area (Å²) in [6.45, 7) is 0. The van der Waals surface area contributed by atoms with E-state index in [1.807, 2.05) is 60.7 Å². The molecule has 2 aromatic heterocycles. The van der Waals surface area contributed by atoms with Gasteiger partial charge in [-0.05, 0) is 47.5 Å². The monoisotopic (exact) mass is 340 g/mol. The van der Waals surface area contributed by atoms with E-state index in [1.54, 1.807) is 18.4 Å². The minimum atomic E-state index is 0.646. The highest BCUT2D eigenvalue weighted by Crippen LogP contribution is 2.30. The Hall–Kier alpha value is -3.66. The summed E-state index contributed by atoms with van der Waals surface area (Å²) in [6.07, 6.45) is 2.47. The van der Waals surface area contributed by atoms with Crippen molar-refractivity contribution >= 4 is 12.0 Å². The predicted octanol–water partition coefficient (Wildman–Crippen LogP) is 5.07. The second kappa shape index (κ2) is 6.69. The maximum Gasteiger partial charge on any atom is 0.152 e. The SMILES string of the molecule is Nc1ccc(-c2cc(-c3ccc(C=O)cc3)cc(-c3ccco3)n2)cc1. The number of carbonyl (C=O) groups is 1. The molecule has 0 unspecified atom stereocenters. The van der Waals surface area contributed by atoms with E-state index in [4.69, 9.17) is 15.1 Å². The minimum absolute atomic E-state index is 0.646. The molecule has 0 saturated carbocycles. The number of nitrogen functional groups attached to an aromatic ring is 1. The molecule has 2 aromatic carbocycles. The third-order valence-corrected chi connectivity index (χ3v) is 4.19. The fourth-order valence-corrected chi connectivity index (χ4v) is 2.80. The lowest BCUT2D eigenvalue weighted by Gasteiger charge is -2.09. The van der Waals surface area contributed by atoms with Gasteiger partial charge in [0.05, 0.1) is 12.0 Å². The van der Waals surface area contributed by atoms with Gasteiger partial charge in [-0.15, -0.1) is 0 Å². The molecule has 0 atom stereocenters. The molecule has 2 N–H and O–H groups in total. The summed E-state index contributed by atoms with van der Waals surface area (Å²) in [5, 5.41) is 0. The zero-order valence-electron chi connectivity index (χ0n) is 13.9. The Morgan fingerprint density at radius 3 is 2.15 bits per heavy atom. The summed E-state index contributed by atoms with van der Waals surface area (Å²) in [5.74, 6) is 0.702. The van der Waals surface area contributed by atoms with Crippen molar-refractivity contribution in [3.63, 3.8) is 0 Å². The van der Waals surface area contributed by atoms with Gasteiger partial charge in [0.1, 0.15) is 12.0 Å². The maximum absolute atomic E-state index is 10.9. The average Bonchev–Trinajstić information content (AvgIpc) is 3.23. The molecule has 0 radical (unpaired) electrons. The van der Waals surface area contributed by atoms with Crippen LogP contribution >= 0.6 is 0 Å². The van der Waals surface area contributed by atoms with E-state index >= 15 is 0 Å². The Balaban J connectivity index is 1.87. The Morgan fingerprint density at radius 2 is 1.50 bits per heavy atom. The molecular formula is C22H16N2O2. The van der Waals surface area contributed by atoms with Crippen LogP contribution in [0.15, 0.2) is 83.5 Å². The summed E-state index contributed by atoms with van der Waals surface area (Å²) < 4.78 is 5.53. The number of nitrogens with two attached hydrogens (primary N) is 1. The summed E-state index contributed by atoms with van der Waals surface area (Å²) in [6, 6.07) is 22.8. The highest BCUT2D eigenvalue weighted by atomic mass is 16.3. The van der Waals surface area contributed by atoms with E-state index in [2.05, 4.69) is 0 Å². The Morgan fingerprint density at radius 1 is 0.808 bits per heavy atom. The van der Waals surface area contributed by atoms with Crippen LogP contribution in [0.25, 0.3) is 33.8 Å². The predicted molar refractivity (Wildman–Crippen MR) is 103 cm³/mol. The summed E-state index contributed by atoms with van der Waals surface area (Å²) in [7, 11) is 0. The Bertz CT molecular complexity index is 1030. The first-order chi connectivity index (χ1) is 12.7. The molecular weight excluding hydrogens is 324 g/mol. The zero-order valence-corrected chi connectivity index (χ0v) is 13.9. The number of nitrogens with zero attached hydrogens (tertiary/aromatic N) is 1. The topological polar surface area (TPSA) is 69.1 Å². The van der Waals surface area contributed by atoms with E-state index in [0.717, 1.165) is 34.4 Å². The van der Waals surface area contributed by atoms with Crippen LogP contribution in [0.2, 0.25) is 0 Å². The summed E-state index contributed by atoms with van der Waals surface area (Å²) in [5.41, 5.74) is 11.7. The number of rotatable bonds is 4. The van der Waals surface area contributed by atoms with Gasteiger partial charge in [0.15, 0.2) is 5.76 Å². The zero-order chi connectivity index (χ0) is 17.9. The quantitative estimate of drug-likeness (QED) is 0.416. The lowest BCUT2D eigenvalue weighted by molar-refractivity contribution is 0.112. The van der Waals surface area contributed by atoms with E-state index in [1.165, 1.54) is 0 Å². The number of anilines is 1. The molecule has 0 saturated heterocycles. The number of benzene rings is 2. The Labute approximate surface area is 150 Å². The van der Waals surface area contributed by atoms with Gasteiger partial charge < -0.3 is 10.2 Å². The van der Waals surface area contributed by atoms with Crippen molar-refractivity contribution in [3.8, 4) is 33.8 Å². The Kier molecular flexibility index (Phi) is 4.07. The fourth-order valence-electron chi connectivity index (χ4n) is 2.80. The first kappa shape index (κ1) is 15.8. The molecule has 4 rings (SSSR count). The van der Waals surface area contributed by atoms with Gasteiger partial charge in [-0.3, -0.25) is 4.79 Å². The van der Waals surface area contributed by atoms with Crippen LogP contribution in [0.5, 0.6) is 0 Å². The largest absolute Gasteiger partial charge is 0.463 e. The van der Waals surface area contributed by atoms with Crippen LogP contribution in [0.4, 0.5) is 5.69 Å². The van der Waals surface area contributed by atoms with Gasteiger partial charge in [0.2, 0.25) is 0 Å². The molecule has 0 spiro atoms. The molecule has 0 fully saturated rings. The van der Waals surface area contributed by atoms with Gasteiger partial charge in [-0.2, -0.15) is 0 Å². The molecule has 2 heterocycles. The number of carbonyl (C=O) groups excluding carboxylic acids is 1. The number of hydrogen-bond donors (Lipinski definition) is 1. The molecule has 26 heavy (non-hydrogen) atoms. The van der Waals surface area contributed by atoms with Crippen LogP contribution in [0, 0.1) is 0 Å². The van der Waals surface area contributed by atoms with Crippen molar-refractivity contribution in [1.82, 2.24) is 4.98 Å². The average molecular weight is 340 g/mol. The van der Waals surface area contributed by atoms with E-state index in [-0.39, 0.29) is 0 Å². The first-order valence-corrected chi connectivity index (χ1v) is 8.20. The van der Waals surface area contributed by atoms with Gasteiger partial charge in [0.25, 0.3) is 0 Å². The second-order valence-electron chi connectivity index (χ2n) is 5.97. The molecule has 4 nitrogen and oxygen atoms in total. The lowest BCUT2D eigenvalue weighted by Crippen LogP contribution is -1.91. The molecule has 126 valence electrons. The van der Waals surface area contributed by atoms with Crippen molar-refractivity contribution < 1.29 is 9.21 Å². The van der Waals surface area contributed by atoms with Crippen molar-refractivity contribution in [2.45, 2.75) is 0 Å². The van der Waals surface area contributed by atoms with Crippen LogP contribution in [0.3, 0.4) is 0 Å². The lowest BCUT2D eigenvalue weighted by atomic mass is 10.0. The normalized spacial score (nSPS) is 10.6. The van der Waals surface area contributed by atoms with Crippen LogP contribution in [0.1, 0.15) is 10.4 Å². The summed E-state index contributed by atoms with van der Waals surface area (Å²) >= 11 is 0. The van der Waals surface area contributed by atoms with Gasteiger partial charge >= 0.3 is 0 Å². The molecule has 0 aliphatic rings. The highest BCUT2D eigenvalue weighted by Gasteiger charge is 2.10. The van der Waals surface area contributed by atoms with Crippen molar-refractivity contribution in [2.24, 2.45) is 0 Å². The second-order valence-corrected chi connectivity index (χ2v) is 5.97. The third kappa shape index (κ3) is 3.13. The van der Waals surface area contributed by atoms with E-state index < -0.39 is 0 Å².